The van der Waals surface area contributed by atoms with Gasteiger partial charge < -0.3 is 15.4 Å². The summed E-state index contributed by atoms with van der Waals surface area (Å²) in [4.78, 5) is 14.2. The van der Waals surface area contributed by atoms with Crippen molar-refractivity contribution in [3.05, 3.63) is 12.7 Å². The Hall–Kier alpha value is -0.910. The van der Waals surface area contributed by atoms with E-state index in [1.165, 1.54) is 12.8 Å². The van der Waals surface area contributed by atoms with Gasteiger partial charge in [0.1, 0.15) is 0 Å². The summed E-state index contributed by atoms with van der Waals surface area (Å²) in [5.41, 5.74) is 0. The second kappa shape index (κ2) is 9.07. The van der Waals surface area contributed by atoms with Crippen LogP contribution in [0.25, 0.3) is 0 Å². The van der Waals surface area contributed by atoms with E-state index in [9.17, 15) is 4.79 Å². The number of hydrogen-bond acceptors (Lipinski definition) is 4. The Labute approximate surface area is 116 Å². The molecule has 0 bridgehead atoms. The maximum atomic E-state index is 12.0. The Morgan fingerprint density at radius 1 is 1.68 bits per heavy atom. The highest BCUT2D eigenvalue weighted by atomic mass is 16.5. The van der Waals surface area contributed by atoms with Gasteiger partial charge >= 0.3 is 0 Å². The van der Waals surface area contributed by atoms with Gasteiger partial charge in [-0.05, 0) is 26.3 Å². The van der Waals surface area contributed by atoms with Crippen LogP contribution >= 0.6 is 0 Å². The Morgan fingerprint density at radius 3 is 3.05 bits per heavy atom. The normalized spacial score (nSPS) is 20.5. The van der Waals surface area contributed by atoms with Gasteiger partial charge in [0.25, 0.3) is 0 Å². The molecule has 19 heavy (non-hydrogen) atoms. The smallest absolute Gasteiger partial charge is 0.237 e. The molecule has 1 amide bonds. The van der Waals surface area contributed by atoms with E-state index in [-0.39, 0.29) is 11.9 Å². The van der Waals surface area contributed by atoms with E-state index in [0.717, 1.165) is 19.6 Å². The molecule has 2 N–H and O–H groups in total. The third-order valence-electron chi connectivity index (χ3n) is 3.55. The Kier molecular flexibility index (Phi) is 7.70. The first-order valence-electron chi connectivity index (χ1n) is 7.04. The standard InChI is InChI=1S/C14H27N3O2/c1-4-7-16-14(18)12(2)17(9-10-19-3)11-13-6-5-8-15-13/h4,12-13,15H,1,5-11H2,2-3H3,(H,16,18). The zero-order valence-electron chi connectivity index (χ0n) is 12.2. The zero-order valence-corrected chi connectivity index (χ0v) is 12.2. The monoisotopic (exact) mass is 269 g/mol. The van der Waals surface area contributed by atoms with Gasteiger partial charge in [0, 0.05) is 32.8 Å². The van der Waals surface area contributed by atoms with Gasteiger partial charge in [0.2, 0.25) is 5.91 Å². The van der Waals surface area contributed by atoms with Gasteiger partial charge in [-0.25, -0.2) is 0 Å². The molecule has 1 aliphatic heterocycles. The van der Waals surface area contributed by atoms with E-state index in [4.69, 9.17) is 4.74 Å². The molecule has 5 heteroatoms. The van der Waals surface area contributed by atoms with Gasteiger partial charge in [-0.2, -0.15) is 0 Å². The van der Waals surface area contributed by atoms with Crippen molar-refractivity contribution in [1.82, 2.24) is 15.5 Å². The quantitative estimate of drug-likeness (QED) is 0.594. The number of methoxy groups -OCH3 is 1. The fraction of sp³-hybridized carbons (Fsp3) is 0.786. The highest BCUT2D eigenvalue weighted by molar-refractivity contribution is 5.81. The first-order valence-corrected chi connectivity index (χ1v) is 7.04. The number of carbonyl (C=O) groups excluding carboxylic acids is 1. The number of ether oxygens (including phenoxy) is 1. The molecular formula is C14H27N3O2. The third kappa shape index (κ3) is 5.72. The number of amides is 1. The summed E-state index contributed by atoms with van der Waals surface area (Å²) in [7, 11) is 1.69. The predicted molar refractivity (Wildman–Crippen MR) is 77.1 cm³/mol. The predicted octanol–water partition coefficient (Wildman–Crippen LogP) is 0.378. The highest BCUT2D eigenvalue weighted by Gasteiger charge is 2.24. The lowest BCUT2D eigenvalue weighted by atomic mass is 10.1. The maximum Gasteiger partial charge on any atom is 0.237 e. The van der Waals surface area contributed by atoms with Crippen molar-refractivity contribution < 1.29 is 9.53 Å². The largest absolute Gasteiger partial charge is 0.383 e. The molecule has 0 aliphatic carbocycles. The summed E-state index contributed by atoms with van der Waals surface area (Å²) in [6.07, 6.45) is 4.10. The van der Waals surface area contributed by atoms with Gasteiger partial charge in [-0.3, -0.25) is 9.69 Å². The summed E-state index contributed by atoms with van der Waals surface area (Å²) in [5.74, 6) is 0.0500. The van der Waals surface area contributed by atoms with E-state index < -0.39 is 0 Å². The number of nitrogens with zero attached hydrogens (tertiary/aromatic N) is 1. The lowest BCUT2D eigenvalue weighted by Crippen LogP contribution is -2.50. The van der Waals surface area contributed by atoms with Gasteiger partial charge in [-0.15, -0.1) is 6.58 Å². The van der Waals surface area contributed by atoms with Crippen LogP contribution in [-0.2, 0) is 9.53 Å². The molecular weight excluding hydrogens is 242 g/mol. The second-order valence-electron chi connectivity index (χ2n) is 4.99. The molecule has 0 aromatic carbocycles. The molecule has 0 aromatic rings. The van der Waals surface area contributed by atoms with Crippen LogP contribution < -0.4 is 10.6 Å². The number of rotatable bonds is 9. The fourth-order valence-electron chi connectivity index (χ4n) is 2.33. The van der Waals surface area contributed by atoms with E-state index in [2.05, 4.69) is 22.1 Å². The van der Waals surface area contributed by atoms with Crippen molar-refractivity contribution in [2.45, 2.75) is 31.8 Å². The number of nitrogens with one attached hydrogen (secondary N) is 2. The van der Waals surface area contributed by atoms with Crippen molar-refractivity contribution in [2.24, 2.45) is 0 Å². The first-order chi connectivity index (χ1) is 9.19. The molecule has 0 radical (unpaired) electrons. The Bertz CT molecular complexity index is 278. The summed E-state index contributed by atoms with van der Waals surface area (Å²) < 4.78 is 5.14. The van der Waals surface area contributed by atoms with E-state index >= 15 is 0 Å². The molecule has 1 rings (SSSR count). The zero-order chi connectivity index (χ0) is 14.1. The summed E-state index contributed by atoms with van der Waals surface area (Å²) >= 11 is 0. The molecule has 2 unspecified atom stereocenters. The molecule has 110 valence electrons. The lowest BCUT2D eigenvalue weighted by Gasteiger charge is -2.30. The van der Waals surface area contributed by atoms with Crippen LogP contribution in [0.1, 0.15) is 19.8 Å². The second-order valence-corrected chi connectivity index (χ2v) is 4.99. The minimum atomic E-state index is -0.141. The van der Waals surface area contributed by atoms with Crippen molar-refractivity contribution in [1.29, 1.82) is 0 Å². The van der Waals surface area contributed by atoms with Crippen molar-refractivity contribution in [3.8, 4) is 0 Å². The Balaban J connectivity index is 2.49. The highest BCUT2D eigenvalue weighted by Crippen LogP contribution is 2.09. The molecule has 1 saturated heterocycles. The topological polar surface area (TPSA) is 53.6 Å². The molecule has 1 aliphatic rings. The average Bonchev–Trinajstić information content (AvgIpc) is 2.92. The molecule has 2 atom stereocenters. The SMILES string of the molecule is C=CCNC(=O)C(C)N(CCOC)CC1CCCN1. The molecule has 0 saturated carbocycles. The average molecular weight is 269 g/mol. The fourth-order valence-corrected chi connectivity index (χ4v) is 2.33. The molecule has 1 heterocycles. The Morgan fingerprint density at radius 2 is 2.47 bits per heavy atom. The van der Waals surface area contributed by atoms with Crippen molar-refractivity contribution >= 4 is 5.91 Å². The number of hydrogen-bond donors (Lipinski definition) is 2. The summed E-state index contributed by atoms with van der Waals surface area (Å²) in [6.45, 7) is 9.47. The summed E-state index contributed by atoms with van der Waals surface area (Å²) in [5, 5.41) is 6.32. The van der Waals surface area contributed by atoms with Crippen LogP contribution in [0.4, 0.5) is 0 Å². The van der Waals surface area contributed by atoms with Crippen LogP contribution in [0.5, 0.6) is 0 Å². The van der Waals surface area contributed by atoms with Crippen LogP contribution in [-0.4, -0.2) is 62.8 Å². The number of carbonyl (C=O) groups is 1. The third-order valence-corrected chi connectivity index (χ3v) is 3.55. The summed E-state index contributed by atoms with van der Waals surface area (Å²) in [6, 6.07) is 0.351. The van der Waals surface area contributed by atoms with Gasteiger partial charge in [0.15, 0.2) is 0 Å². The molecule has 5 nitrogen and oxygen atoms in total. The van der Waals surface area contributed by atoms with Gasteiger partial charge in [-0.1, -0.05) is 6.08 Å². The molecule has 1 fully saturated rings. The van der Waals surface area contributed by atoms with Crippen LogP contribution in [0.15, 0.2) is 12.7 Å². The van der Waals surface area contributed by atoms with Crippen LogP contribution in [0, 0.1) is 0 Å². The molecule has 0 spiro atoms. The minimum absolute atomic E-state index is 0.0500. The van der Waals surface area contributed by atoms with E-state index in [1.54, 1.807) is 13.2 Å². The lowest BCUT2D eigenvalue weighted by molar-refractivity contribution is -0.126. The van der Waals surface area contributed by atoms with E-state index in [1.807, 2.05) is 6.92 Å². The van der Waals surface area contributed by atoms with Gasteiger partial charge in [0.05, 0.1) is 12.6 Å². The van der Waals surface area contributed by atoms with Crippen LogP contribution in [0.3, 0.4) is 0 Å². The van der Waals surface area contributed by atoms with Crippen LogP contribution in [0.2, 0.25) is 0 Å². The maximum absolute atomic E-state index is 12.0. The first kappa shape index (κ1) is 16.1. The van der Waals surface area contributed by atoms with Crippen molar-refractivity contribution in [3.63, 3.8) is 0 Å². The van der Waals surface area contributed by atoms with E-state index in [0.29, 0.717) is 19.2 Å². The minimum Gasteiger partial charge on any atom is -0.383 e. The molecule has 0 aromatic heterocycles. The van der Waals surface area contributed by atoms with Crippen molar-refractivity contribution in [2.75, 3.05) is 39.9 Å².